The molecular weight excluding hydrogens is 272 g/mol. The van der Waals surface area contributed by atoms with Gasteiger partial charge in [-0.3, -0.25) is 4.98 Å². The molecule has 0 radical (unpaired) electrons. The van der Waals surface area contributed by atoms with E-state index in [-0.39, 0.29) is 6.10 Å². The van der Waals surface area contributed by atoms with Gasteiger partial charge in [-0.25, -0.2) is 4.79 Å². The molecule has 0 unspecified atom stereocenters. The first-order valence-corrected chi connectivity index (χ1v) is 6.74. The van der Waals surface area contributed by atoms with E-state index in [0.717, 1.165) is 16.7 Å². The maximum absolute atomic E-state index is 10.9. The molecule has 0 saturated carbocycles. The van der Waals surface area contributed by atoms with Crippen LogP contribution in [0.15, 0.2) is 30.5 Å². The number of likely N-dealkylation sites (tertiary alicyclic amines) is 1. The predicted molar refractivity (Wildman–Crippen MR) is 76.9 cm³/mol. The fourth-order valence-corrected chi connectivity index (χ4v) is 2.51. The van der Waals surface area contributed by atoms with E-state index < -0.39 is 6.09 Å². The fraction of sp³-hybridized carbons (Fsp3) is 0.333. The van der Waals surface area contributed by atoms with Crippen LogP contribution in [0.3, 0.4) is 0 Å². The highest BCUT2D eigenvalue weighted by atomic mass is 16.5. The molecule has 1 fully saturated rings. The van der Waals surface area contributed by atoms with E-state index in [1.54, 1.807) is 19.4 Å². The number of carboxylic acid groups (broad SMARTS) is 1. The number of rotatable bonds is 3. The molecule has 0 aliphatic carbocycles. The van der Waals surface area contributed by atoms with Crippen LogP contribution in [-0.2, 0) is 0 Å². The number of amides is 1. The van der Waals surface area contributed by atoms with Crippen LogP contribution in [0, 0.1) is 0 Å². The van der Waals surface area contributed by atoms with E-state index >= 15 is 0 Å². The second-order valence-electron chi connectivity index (χ2n) is 4.95. The number of hydrogen-bond donors (Lipinski definition) is 1. The van der Waals surface area contributed by atoms with Crippen molar-refractivity contribution >= 4 is 17.0 Å². The lowest BCUT2D eigenvalue weighted by Gasteiger charge is -2.16. The topological polar surface area (TPSA) is 71.9 Å². The van der Waals surface area contributed by atoms with Gasteiger partial charge in [0.15, 0.2) is 0 Å². The minimum atomic E-state index is -0.901. The molecule has 0 spiro atoms. The number of pyridine rings is 1. The van der Waals surface area contributed by atoms with Crippen molar-refractivity contribution in [2.75, 3.05) is 20.2 Å². The molecule has 110 valence electrons. The quantitative estimate of drug-likeness (QED) is 0.938. The van der Waals surface area contributed by atoms with E-state index in [1.165, 1.54) is 4.90 Å². The van der Waals surface area contributed by atoms with Crippen molar-refractivity contribution in [2.45, 2.75) is 12.5 Å². The van der Waals surface area contributed by atoms with Crippen molar-refractivity contribution in [1.82, 2.24) is 9.88 Å². The Morgan fingerprint density at radius 3 is 3.00 bits per heavy atom. The summed E-state index contributed by atoms with van der Waals surface area (Å²) in [6.45, 7) is 0.898. The van der Waals surface area contributed by atoms with Gasteiger partial charge in [0.2, 0.25) is 0 Å². The zero-order valence-electron chi connectivity index (χ0n) is 11.7. The van der Waals surface area contributed by atoms with Gasteiger partial charge in [-0.2, -0.15) is 0 Å². The molecule has 6 nitrogen and oxygen atoms in total. The van der Waals surface area contributed by atoms with Gasteiger partial charge in [-0.1, -0.05) is 0 Å². The van der Waals surface area contributed by atoms with Crippen LogP contribution in [0.1, 0.15) is 6.42 Å². The Morgan fingerprint density at radius 1 is 1.43 bits per heavy atom. The maximum atomic E-state index is 10.9. The zero-order chi connectivity index (χ0) is 14.8. The molecule has 1 saturated heterocycles. The van der Waals surface area contributed by atoms with Crippen molar-refractivity contribution in [2.24, 2.45) is 0 Å². The molecule has 1 aliphatic rings. The van der Waals surface area contributed by atoms with Gasteiger partial charge in [-0.15, -0.1) is 0 Å². The lowest BCUT2D eigenvalue weighted by atomic mass is 10.2. The summed E-state index contributed by atoms with van der Waals surface area (Å²) >= 11 is 0. The average Bonchev–Trinajstić information content (AvgIpc) is 2.96. The lowest BCUT2D eigenvalue weighted by molar-refractivity contribution is 0.146. The van der Waals surface area contributed by atoms with Crippen LogP contribution >= 0.6 is 0 Å². The van der Waals surface area contributed by atoms with Crippen LogP contribution in [0.25, 0.3) is 10.9 Å². The van der Waals surface area contributed by atoms with Crippen molar-refractivity contribution in [1.29, 1.82) is 0 Å². The number of fused-ring (bicyclic) bond motifs is 1. The fourth-order valence-electron chi connectivity index (χ4n) is 2.51. The normalized spacial score (nSPS) is 18.0. The Bertz CT molecular complexity index is 674. The number of benzene rings is 1. The molecule has 0 bridgehead atoms. The zero-order valence-corrected chi connectivity index (χ0v) is 11.7. The van der Waals surface area contributed by atoms with Gasteiger partial charge in [0.25, 0.3) is 0 Å². The summed E-state index contributed by atoms with van der Waals surface area (Å²) in [5, 5.41) is 9.85. The monoisotopic (exact) mass is 288 g/mol. The van der Waals surface area contributed by atoms with Gasteiger partial charge < -0.3 is 19.5 Å². The maximum Gasteiger partial charge on any atom is 0.407 e. The first-order valence-electron chi connectivity index (χ1n) is 6.74. The van der Waals surface area contributed by atoms with Gasteiger partial charge in [0.1, 0.15) is 17.6 Å². The Hall–Kier alpha value is -2.50. The molecule has 3 rings (SSSR count). The van der Waals surface area contributed by atoms with Crippen molar-refractivity contribution in [3.05, 3.63) is 30.5 Å². The Labute approximate surface area is 121 Å². The molecule has 1 aromatic carbocycles. The summed E-state index contributed by atoms with van der Waals surface area (Å²) in [6, 6.07) is 7.40. The minimum Gasteiger partial charge on any atom is -0.497 e. The third-order valence-corrected chi connectivity index (χ3v) is 3.62. The second kappa shape index (κ2) is 5.47. The molecule has 21 heavy (non-hydrogen) atoms. The molecule has 1 aliphatic heterocycles. The van der Waals surface area contributed by atoms with Gasteiger partial charge in [0, 0.05) is 24.5 Å². The summed E-state index contributed by atoms with van der Waals surface area (Å²) in [4.78, 5) is 16.6. The van der Waals surface area contributed by atoms with Crippen molar-refractivity contribution in [3.63, 3.8) is 0 Å². The standard InChI is InChI=1S/C15H16N2O4/c1-20-10-2-3-13-12(8-10)14(4-6-16-13)21-11-5-7-17(9-11)15(18)19/h2-4,6,8,11H,5,7,9H2,1H3,(H,18,19)/t11-/m0/s1. The molecule has 1 atom stereocenters. The number of carbonyl (C=O) groups is 1. The number of ether oxygens (including phenoxy) is 2. The summed E-state index contributed by atoms with van der Waals surface area (Å²) in [5.74, 6) is 1.44. The van der Waals surface area contributed by atoms with Crippen LogP contribution in [0.5, 0.6) is 11.5 Å². The van der Waals surface area contributed by atoms with Crippen molar-refractivity contribution < 1.29 is 19.4 Å². The number of hydrogen-bond acceptors (Lipinski definition) is 4. The van der Waals surface area contributed by atoms with Crippen LogP contribution in [0.2, 0.25) is 0 Å². The second-order valence-corrected chi connectivity index (χ2v) is 4.95. The summed E-state index contributed by atoms with van der Waals surface area (Å²) in [6.07, 6.45) is 1.36. The third kappa shape index (κ3) is 2.69. The van der Waals surface area contributed by atoms with E-state index in [4.69, 9.17) is 14.6 Å². The third-order valence-electron chi connectivity index (χ3n) is 3.62. The highest BCUT2D eigenvalue weighted by Gasteiger charge is 2.27. The highest BCUT2D eigenvalue weighted by molar-refractivity contribution is 5.86. The van der Waals surface area contributed by atoms with Gasteiger partial charge in [-0.05, 0) is 24.3 Å². The van der Waals surface area contributed by atoms with E-state index in [0.29, 0.717) is 25.3 Å². The lowest BCUT2D eigenvalue weighted by Crippen LogP contribution is -2.29. The minimum absolute atomic E-state index is 0.127. The smallest absolute Gasteiger partial charge is 0.407 e. The Balaban J connectivity index is 1.85. The SMILES string of the molecule is COc1ccc2nccc(O[C@H]3CCN(C(=O)O)C3)c2c1. The molecule has 2 aromatic rings. The molecule has 1 amide bonds. The highest BCUT2D eigenvalue weighted by Crippen LogP contribution is 2.29. The van der Waals surface area contributed by atoms with Crippen LogP contribution < -0.4 is 9.47 Å². The summed E-state index contributed by atoms with van der Waals surface area (Å²) in [7, 11) is 1.61. The van der Waals surface area contributed by atoms with Crippen LogP contribution in [-0.4, -0.2) is 47.4 Å². The first kappa shape index (κ1) is 13.5. The van der Waals surface area contributed by atoms with Crippen LogP contribution in [0.4, 0.5) is 4.79 Å². The molecule has 1 N–H and O–H groups in total. The number of methoxy groups -OCH3 is 1. The molecular formula is C15H16N2O4. The first-order chi connectivity index (χ1) is 10.2. The molecule has 6 heteroatoms. The molecule has 1 aromatic heterocycles. The number of aromatic nitrogens is 1. The van der Waals surface area contributed by atoms with E-state index in [2.05, 4.69) is 4.98 Å². The average molecular weight is 288 g/mol. The number of nitrogens with zero attached hydrogens (tertiary/aromatic N) is 2. The van der Waals surface area contributed by atoms with Crippen molar-refractivity contribution in [3.8, 4) is 11.5 Å². The predicted octanol–water partition coefficient (Wildman–Crippen LogP) is 2.37. The van der Waals surface area contributed by atoms with E-state index in [9.17, 15) is 4.79 Å². The molecule has 2 heterocycles. The van der Waals surface area contributed by atoms with Gasteiger partial charge in [0.05, 0.1) is 19.2 Å². The Morgan fingerprint density at radius 2 is 2.29 bits per heavy atom. The van der Waals surface area contributed by atoms with Gasteiger partial charge >= 0.3 is 6.09 Å². The largest absolute Gasteiger partial charge is 0.497 e. The van der Waals surface area contributed by atoms with E-state index in [1.807, 2.05) is 18.2 Å². The summed E-state index contributed by atoms with van der Waals surface area (Å²) < 4.78 is 11.2. The summed E-state index contributed by atoms with van der Waals surface area (Å²) in [5.41, 5.74) is 0.821. The Kier molecular flexibility index (Phi) is 3.51.